The highest BCUT2D eigenvalue weighted by atomic mass is 35.5. The van der Waals surface area contributed by atoms with Crippen molar-refractivity contribution in [1.29, 1.82) is 0 Å². The average Bonchev–Trinajstić information content (AvgIpc) is 3.04. The fourth-order valence-electron chi connectivity index (χ4n) is 2.89. The molecule has 2 nitrogen and oxygen atoms in total. The van der Waals surface area contributed by atoms with Crippen LogP contribution in [0.3, 0.4) is 0 Å². The van der Waals surface area contributed by atoms with E-state index in [4.69, 9.17) is 11.6 Å². The Morgan fingerprint density at radius 3 is 2.67 bits per heavy atom. The first-order valence-electron chi connectivity index (χ1n) is 7.27. The molecule has 1 aliphatic rings. The van der Waals surface area contributed by atoms with Crippen LogP contribution in [0, 0.1) is 0 Å². The first-order valence-corrected chi connectivity index (χ1v) is 8.59. The quantitative estimate of drug-likeness (QED) is 0.823. The summed E-state index contributed by atoms with van der Waals surface area (Å²) in [7, 11) is 0. The van der Waals surface area contributed by atoms with Crippen molar-refractivity contribution in [3.8, 4) is 0 Å². The Kier molecular flexibility index (Phi) is 4.61. The summed E-state index contributed by atoms with van der Waals surface area (Å²) in [6.45, 7) is 1.70. The van der Waals surface area contributed by atoms with E-state index in [1.165, 1.54) is 5.56 Å². The van der Waals surface area contributed by atoms with Gasteiger partial charge in [0.15, 0.2) is 0 Å². The maximum absolute atomic E-state index is 12.4. The fourth-order valence-corrected chi connectivity index (χ4v) is 3.83. The van der Waals surface area contributed by atoms with Gasteiger partial charge in [-0.05, 0) is 52.8 Å². The van der Waals surface area contributed by atoms with Crippen molar-refractivity contribution in [3.05, 3.63) is 57.2 Å². The zero-order valence-electron chi connectivity index (χ0n) is 11.8. The number of halogens is 1. The summed E-state index contributed by atoms with van der Waals surface area (Å²) in [6, 6.07) is 9.79. The summed E-state index contributed by atoms with van der Waals surface area (Å²) in [4.78, 5) is 14.4. The molecule has 1 amide bonds. The lowest BCUT2D eigenvalue weighted by Gasteiger charge is -2.32. The van der Waals surface area contributed by atoms with Gasteiger partial charge in [-0.15, -0.1) is 0 Å². The van der Waals surface area contributed by atoms with E-state index >= 15 is 0 Å². The number of rotatable bonds is 3. The van der Waals surface area contributed by atoms with Crippen LogP contribution in [0.25, 0.3) is 0 Å². The molecule has 0 bridgehead atoms. The molecule has 3 rings (SSSR count). The van der Waals surface area contributed by atoms with Crippen molar-refractivity contribution < 1.29 is 4.79 Å². The van der Waals surface area contributed by atoms with Gasteiger partial charge < -0.3 is 4.90 Å². The molecule has 0 spiro atoms. The lowest BCUT2D eigenvalue weighted by atomic mass is 9.91. The van der Waals surface area contributed by atoms with Crippen LogP contribution in [-0.4, -0.2) is 23.9 Å². The highest BCUT2D eigenvalue weighted by Crippen LogP contribution is 2.29. The van der Waals surface area contributed by atoms with Gasteiger partial charge in [-0.25, -0.2) is 0 Å². The Morgan fingerprint density at radius 1 is 1.24 bits per heavy atom. The highest BCUT2D eigenvalue weighted by molar-refractivity contribution is 7.07. The van der Waals surface area contributed by atoms with Gasteiger partial charge in [0.2, 0.25) is 5.91 Å². The molecule has 0 atom stereocenters. The molecule has 1 saturated heterocycles. The van der Waals surface area contributed by atoms with E-state index in [1.54, 1.807) is 11.3 Å². The second kappa shape index (κ2) is 6.63. The van der Waals surface area contributed by atoms with Gasteiger partial charge in [0.25, 0.3) is 0 Å². The first kappa shape index (κ1) is 14.6. The van der Waals surface area contributed by atoms with E-state index < -0.39 is 0 Å². The zero-order valence-corrected chi connectivity index (χ0v) is 13.4. The van der Waals surface area contributed by atoms with Crippen LogP contribution < -0.4 is 0 Å². The molecule has 1 aromatic carbocycles. The van der Waals surface area contributed by atoms with Gasteiger partial charge in [0.1, 0.15) is 0 Å². The van der Waals surface area contributed by atoms with Crippen LogP contribution >= 0.6 is 22.9 Å². The van der Waals surface area contributed by atoms with E-state index in [0.717, 1.165) is 31.5 Å². The van der Waals surface area contributed by atoms with Crippen molar-refractivity contribution >= 4 is 28.8 Å². The second-order valence-electron chi connectivity index (χ2n) is 5.48. The number of thiophene rings is 1. The predicted octanol–water partition coefficient (Wildman–Crippen LogP) is 4.35. The molecule has 1 fully saturated rings. The fraction of sp³-hybridized carbons (Fsp3) is 0.353. The third-order valence-corrected chi connectivity index (χ3v) is 5.23. The molecule has 110 valence electrons. The van der Waals surface area contributed by atoms with Crippen molar-refractivity contribution in [2.45, 2.75) is 25.2 Å². The number of piperidine rings is 1. The third-order valence-electron chi connectivity index (χ3n) is 4.16. The average molecular weight is 320 g/mol. The Bertz CT molecular complexity index is 603. The van der Waals surface area contributed by atoms with Crippen molar-refractivity contribution in [1.82, 2.24) is 4.90 Å². The smallest absolute Gasteiger partial charge is 0.227 e. The largest absolute Gasteiger partial charge is 0.342 e. The minimum atomic E-state index is 0.187. The van der Waals surface area contributed by atoms with Crippen molar-refractivity contribution in [2.24, 2.45) is 0 Å². The van der Waals surface area contributed by atoms with E-state index in [-0.39, 0.29) is 5.91 Å². The number of hydrogen-bond acceptors (Lipinski definition) is 2. The van der Waals surface area contributed by atoms with E-state index in [0.29, 0.717) is 17.4 Å². The predicted molar refractivity (Wildman–Crippen MR) is 88.0 cm³/mol. The Balaban J connectivity index is 1.57. The summed E-state index contributed by atoms with van der Waals surface area (Å²) in [5, 5.41) is 5.04. The lowest BCUT2D eigenvalue weighted by molar-refractivity contribution is -0.131. The van der Waals surface area contributed by atoms with E-state index in [2.05, 4.69) is 16.8 Å². The number of carbonyl (C=O) groups is 1. The van der Waals surface area contributed by atoms with E-state index in [1.807, 2.05) is 29.2 Å². The van der Waals surface area contributed by atoms with Gasteiger partial charge in [-0.2, -0.15) is 11.3 Å². The second-order valence-corrected chi connectivity index (χ2v) is 6.67. The maximum atomic E-state index is 12.4. The summed E-state index contributed by atoms with van der Waals surface area (Å²) in [5.41, 5.74) is 2.35. The molecule has 2 heterocycles. The van der Waals surface area contributed by atoms with E-state index in [9.17, 15) is 4.79 Å². The minimum Gasteiger partial charge on any atom is -0.342 e. The summed E-state index contributed by atoms with van der Waals surface area (Å²) in [5.74, 6) is 0.799. The van der Waals surface area contributed by atoms with Gasteiger partial charge in [0.05, 0.1) is 6.42 Å². The number of hydrogen-bond donors (Lipinski definition) is 0. The maximum Gasteiger partial charge on any atom is 0.227 e. The number of amides is 1. The van der Waals surface area contributed by atoms with Crippen molar-refractivity contribution in [3.63, 3.8) is 0 Å². The lowest BCUT2D eigenvalue weighted by Crippen LogP contribution is -2.38. The van der Waals surface area contributed by atoms with Crippen molar-refractivity contribution in [2.75, 3.05) is 13.1 Å². The Morgan fingerprint density at radius 2 is 2.00 bits per heavy atom. The normalized spacial score (nSPS) is 16.1. The Labute approximate surface area is 134 Å². The van der Waals surface area contributed by atoms with Gasteiger partial charge in [-0.1, -0.05) is 29.8 Å². The summed E-state index contributed by atoms with van der Waals surface area (Å²) >= 11 is 7.88. The van der Waals surface area contributed by atoms with Gasteiger partial charge in [-0.3, -0.25) is 4.79 Å². The first-order chi connectivity index (χ1) is 10.2. The molecule has 0 N–H and O–H groups in total. The molecule has 2 aromatic rings. The molecular formula is C17H18ClNOS. The summed E-state index contributed by atoms with van der Waals surface area (Å²) in [6.07, 6.45) is 2.53. The topological polar surface area (TPSA) is 20.3 Å². The molecule has 0 unspecified atom stereocenters. The number of likely N-dealkylation sites (tertiary alicyclic amines) is 1. The molecule has 0 aliphatic carbocycles. The molecule has 1 aliphatic heterocycles. The molecule has 4 heteroatoms. The standard InChI is InChI=1S/C17H18ClNOS/c18-16-4-2-1-3-14(16)11-17(20)19-8-5-13(6-9-19)15-7-10-21-12-15/h1-4,7,10,12-13H,5-6,8-9,11H2. The van der Waals surface area contributed by atoms with Crippen LogP contribution in [0.5, 0.6) is 0 Å². The number of carbonyl (C=O) groups excluding carboxylic acids is 1. The third kappa shape index (κ3) is 3.47. The van der Waals surface area contributed by atoms with Gasteiger partial charge in [0, 0.05) is 18.1 Å². The minimum absolute atomic E-state index is 0.187. The Hall–Kier alpha value is -1.32. The van der Waals surface area contributed by atoms with Crippen LogP contribution in [-0.2, 0) is 11.2 Å². The monoisotopic (exact) mass is 319 g/mol. The van der Waals surface area contributed by atoms with Gasteiger partial charge >= 0.3 is 0 Å². The molecule has 0 radical (unpaired) electrons. The number of nitrogens with zero attached hydrogens (tertiary/aromatic N) is 1. The summed E-state index contributed by atoms with van der Waals surface area (Å²) < 4.78 is 0. The molecule has 0 saturated carbocycles. The number of benzene rings is 1. The van der Waals surface area contributed by atoms with Crippen LogP contribution in [0.1, 0.15) is 29.9 Å². The highest BCUT2D eigenvalue weighted by Gasteiger charge is 2.24. The zero-order chi connectivity index (χ0) is 14.7. The SMILES string of the molecule is O=C(Cc1ccccc1Cl)N1CCC(c2ccsc2)CC1. The van der Waals surface area contributed by atoms with Crippen LogP contribution in [0.15, 0.2) is 41.1 Å². The van der Waals surface area contributed by atoms with Crippen LogP contribution in [0.2, 0.25) is 5.02 Å². The van der Waals surface area contributed by atoms with Crippen LogP contribution in [0.4, 0.5) is 0 Å². The molecule has 1 aromatic heterocycles. The molecular weight excluding hydrogens is 302 g/mol. The molecule has 21 heavy (non-hydrogen) atoms.